The molecule has 1 heterocycles. The molecule has 1 aromatic heterocycles. The molecule has 7 heteroatoms. The molecule has 4 N–H and O–H groups in total. The largest absolute Gasteiger partial charge is 0.456 e. The highest BCUT2D eigenvalue weighted by atomic mass is 16.4. The van der Waals surface area contributed by atoms with Gasteiger partial charge in [-0.2, -0.15) is 0 Å². The number of rotatable bonds is 6. The third kappa shape index (κ3) is 4.07. The molecule has 20 heavy (non-hydrogen) atoms. The molecule has 0 saturated carbocycles. The first kappa shape index (κ1) is 16.2. The van der Waals surface area contributed by atoms with E-state index in [-0.39, 0.29) is 17.6 Å². The zero-order chi connectivity index (χ0) is 15.3. The third-order valence-corrected chi connectivity index (χ3v) is 3.10. The second kappa shape index (κ2) is 7.06. The molecule has 1 atom stereocenters. The van der Waals surface area contributed by atoms with Crippen molar-refractivity contribution in [3.63, 3.8) is 0 Å². The summed E-state index contributed by atoms with van der Waals surface area (Å²) < 4.78 is 5.34. The lowest BCUT2D eigenvalue weighted by molar-refractivity contribution is -0.124. The molecule has 0 aromatic carbocycles. The lowest BCUT2D eigenvalue weighted by Crippen LogP contribution is -2.34. The number of hydrogen-bond donors (Lipinski definition) is 3. The Labute approximate surface area is 118 Å². The Kier molecular flexibility index (Phi) is 5.72. The van der Waals surface area contributed by atoms with Crippen molar-refractivity contribution >= 4 is 11.8 Å². The van der Waals surface area contributed by atoms with E-state index in [1.807, 2.05) is 24.3 Å². The first-order chi connectivity index (χ1) is 9.38. The Balaban J connectivity index is 2.66. The van der Waals surface area contributed by atoms with Gasteiger partial charge in [0.1, 0.15) is 5.76 Å². The number of carbonyl (C=O) groups is 2. The normalized spacial score (nSPS) is 12.3. The molecule has 1 unspecified atom stereocenters. The number of nitrogens with zero attached hydrogens (tertiary/aromatic N) is 1. The van der Waals surface area contributed by atoms with E-state index >= 15 is 0 Å². The van der Waals surface area contributed by atoms with E-state index < -0.39 is 5.91 Å². The molecule has 7 nitrogen and oxygen atoms in total. The Morgan fingerprint density at radius 1 is 1.50 bits per heavy atom. The van der Waals surface area contributed by atoms with Gasteiger partial charge in [0.25, 0.3) is 0 Å². The second-order valence-electron chi connectivity index (χ2n) is 4.88. The maximum Gasteiger partial charge on any atom is 0.300 e. The van der Waals surface area contributed by atoms with Crippen molar-refractivity contribution in [1.29, 1.82) is 0 Å². The van der Waals surface area contributed by atoms with Crippen LogP contribution in [0.1, 0.15) is 28.8 Å². The highest BCUT2D eigenvalue weighted by molar-refractivity contribution is 5.91. The van der Waals surface area contributed by atoms with Crippen LogP contribution in [-0.2, 0) is 11.3 Å². The average Bonchev–Trinajstić information content (AvgIpc) is 2.77. The van der Waals surface area contributed by atoms with Crippen molar-refractivity contribution in [3.05, 3.63) is 23.2 Å². The van der Waals surface area contributed by atoms with Crippen LogP contribution in [0.2, 0.25) is 0 Å². The van der Waals surface area contributed by atoms with E-state index in [1.54, 1.807) is 20.0 Å². The number of amides is 2. The number of nitrogens with one attached hydrogen (secondary N) is 2. The predicted octanol–water partition coefficient (Wildman–Crippen LogP) is 0.00542. The first-order valence-corrected chi connectivity index (χ1v) is 6.39. The number of aryl methyl sites for hydroxylation is 1. The number of carbonyl (C=O) groups excluding carboxylic acids is 2. The summed E-state index contributed by atoms with van der Waals surface area (Å²) in [6.07, 6.45) is 0. The van der Waals surface area contributed by atoms with Crippen LogP contribution in [0.3, 0.4) is 0 Å². The SMILES string of the molecule is CNC(=O)C(C)CN(C)Cc1cc(C(=O)NN)oc1C. The van der Waals surface area contributed by atoms with Gasteiger partial charge in [0, 0.05) is 31.6 Å². The van der Waals surface area contributed by atoms with E-state index in [0.717, 1.165) is 5.56 Å². The fourth-order valence-corrected chi connectivity index (χ4v) is 2.01. The minimum Gasteiger partial charge on any atom is -0.456 e. The van der Waals surface area contributed by atoms with Gasteiger partial charge < -0.3 is 14.6 Å². The Morgan fingerprint density at radius 3 is 2.70 bits per heavy atom. The summed E-state index contributed by atoms with van der Waals surface area (Å²) in [4.78, 5) is 24.9. The molecule has 1 rings (SSSR count). The van der Waals surface area contributed by atoms with E-state index in [4.69, 9.17) is 10.3 Å². The smallest absolute Gasteiger partial charge is 0.300 e. The maximum absolute atomic E-state index is 11.5. The molecular weight excluding hydrogens is 260 g/mol. The van der Waals surface area contributed by atoms with Crippen LogP contribution in [0.4, 0.5) is 0 Å². The molecular formula is C13H22N4O3. The van der Waals surface area contributed by atoms with Crippen LogP contribution < -0.4 is 16.6 Å². The van der Waals surface area contributed by atoms with Crippen molar-refractivity contribution in [2.75, 3.05) is 20.6 Å². The summed E-state index contributed by atoms with van der Waals surface area (Å²) in [7, 11) is 3.53. The van der Waals surface area contributed by atoms with Gasteiger partial charge >= 0.3 is 5.91 Å². The fraction of sp³-hybridized carbons (Fsp3) is 0.538. The van der Waals surface area contributed by atoms with Crippen molar-refractivity contribution in [1.82, 2.24) is 15.6 Å². The lowest BCUT2D eigenvalue weighted by Gasteiger charge is -2.19. The molecule has 0 saturated heterocycles. The Hall–Kier alpha value is -1.86. The zero-order valence-corrected chi connectivity index (χ0v) is 12.3. The summed E-state index contributed by atoms with van der Waals surface area (Å²) in [6, 6.07) is 1.67. The summed E-state index contributed by atoms with van der Waals surface area (Å²) in [5, 5.41) is 2.62. The summed E-state index contributed by atoms with van der Waals surface area (Å²) >= 11 is 0. The van der Waals surface area contributed by atoms with E-state index in [1.165, 1.54) is 0 Å². The van der Waals surface area contributed by atoms with Gasteiger partial charge in [0.05, 0.1) is 0 Å². The number of nitrogens with two attached hydrogens (primary N) is 1. The van der Waals surface area contributed by atoms with Crippen molar-refractivity contribution in [2.24, 2.45) is 11.8 Å². The van der Waals surface area contributed by atoms with Crippen molar-refractivity contribution in [2.45, 2.75) is 20.4 Å². The Morgan fingerprint density at radius 2 is 2.15 bits per heavy atom. The van der Waals surface area contributed by atoms with Gasteiger partial charge in [-0.3, -0.25) is 15.0 Å². The van der Waals surface area contributed by atoms with Crippen LogP contribution in [0.15, 0.2) is 10.5 Å². The summed E-state index contributed by atoms with van der Waals surface area (Å²) in [6.45, 7) is 4.86. The first-order valence-electron chi connectivity index (χ1n) is 6.39. The third-order valence-electron chi connectivity index (χ3n) is 3.10. The molecule has 1 aromatic rings. The molecule has 0 radical (unpaired) electrons. The van der Waals surface area contributed by atoms with Gasteiger partial charge in [-0.05, 0) is 20.0 Å². The number of hydrogen-bond acceptors (Lipinski definition) is 5. The minimum absolute atomic E-state index is 0.00367. The molecule has 0 fully saturated rings. The quantitative estimate of drug-likeness (QED) is 0.387. The van der Waals surface area contributed by atoms with Crippen LogP contribution in [0.5, 0.6) is 0 Å². The monoisotopic (exact) mass is 282 g/mol. The van der Waals surface area contributed by atoms with E-state index in [2.05, 4.69) is 5.32 Å². The number of nitrogen functional groups attached to an aromatic ring is 1. The molecule has 0 bridgehead atoms. The fourth-order valence-electron chi connectivity index (χ4n) is 2.01. The van der Waals surface area contributed by atoms with Gasteiger partial charge in [0.2, 0.25) is 5.91 Å². The molecule has 0 aliphatic rings. The van der Waals surface area contributed by atoms with Gasteiger partial charge in [-0.25, -0.2) is 5.84 Å². The van der Waals surface area contributed by atoms with Crippen LogP contribution in [-0.4, -0.2) is 37.4 Å². The van der Waals surface area contributed by atoms with E-state index in [9.17, 15) is 9.59 Å². The highest BCUT2D eigenvalue weighted by Crippen LogP contribution is 2.16. The molecule has 0 aliphatic heterocycles. The number of hydrazine groups is 1. The van der Waals surface area contributed by atoms with Crippen molar-refractivity contribution < 1.29 is 14.0 Å². The van der Waals surface area contributed by atoms with Gasteiger partial charge in [-0.15, -0.1) is 0 Å². The van der Waals surface area contributed by atoms with E-state index in [0.29, 0.717) is 18.8 Å². The van der Waals surface area contributed by atoms with Crippen molar-refractivity contribution in [3.8, 4) is 0 Å². The van der Waals surface area contributed by atoms with Gasteiger partial charge in [-0.1, -0.05) is 6.92 Å². The average molecular weight is 282 g/mol. The predicted molar refractivity (Wildman–Crippen MR) is 74.7 cm³/mol. The second-order valence-corrected chi connectivity index (χ2v) is 4.88. The molecule has 2 amide bonds. The Bertz CT molecular complexity index is 484. The van der Waals surface area contributed by atoms with Crippen LogP contribution in [0, 0.1) is 12.8 Å². The summed E-state index contributed by atoms with van der Waals surface area (Å²) in [5.74, 6) is 5.36. The lowest BCUT2D eigenvalue weighted by atomic mass is 10.1. The molecule has 0 aliphatic carbocycles. The maximum atomic E-state index is 11.5. The molecule has 0 spiro atoms. The summed E-state index contributed by atoms with van der Waals surface area (Å²) in [5.41, 5.74) is 2.93. The topological polar surface area (TPSA) is 101 Å². The molecule has 112 valence electrons. The number of furan rings is 1. The van der Waals surface area contributed by atoms with Crippen LogP contribution >= 0.6 is 0 Å². The zero-order valence-electron chi connectivity index (χ0n) is 12.3. The minimum atomic E-state index is -0.458. The standard InChI is InChI=1S/C13H22N4O3/c1-8(12(18)15-3)6-17(4)7-10-5-11(13(19)16-14)20-9(10)2/h5,8H,6-7,14H2,1-4H3,(H,15,18)(H,16,19). The van der Waals surface area contributed by atoms with Gasteiger partial charge in [0.15, 0.2) is 5.76 Å². The van der Waals surface area contributed by atoms with Crippen LogP contribution in [0.25, 0.3) is 0 Å². The highest BCUT2D eigenvalue weighted by Gasteiger charge is 2.17.